The second-order valence-corrected chi connectivity index (χ2v) is 7.25. The fourth-order valence-electron chi connectivity index (χ4n) is 3.67. The Hall–Kier alpha value is -2.41. The van der Waals surface area contributed by atoms with E-state index in [-0.39, 0.29) is 5.91 Å². The minimum atomic E-state index is -0.723. The van der Waals surface area contributed by atoms with E-state index in [2.05, 4.69) is 20.6 Å². The summed E-state index contributed by atoms with van der Waals surface area (Å²) in [4.78, 5) is 20.4. The molecule has 2 aliphatic heterocycles. The fourth-order valence-corrected chi connectivity index (χ4v) is 3.89. The van der Waals surface area contributed by atoms with Crippen LogP contribution in [0.3, 0.4) is 0 Å². The van der Waals surface area contributed by atoms with Crippen LogP contribution in [0.4, 0.5) is 5.69 Å². The molecule has 1 aromatic heterocycles. The molecule has 0 saturated carbocycles. The summed E-state index contributed by atoms with van der Waals surface area (Å²) >= 11 is 6.19. The molecule has 2 fully saturated rings. The van der Waals surface area contributed by atoms with Gasteiger partial charge in [0, 0.05) is 30.3 Å². The molecule has 0 unspecified atom stereocenters. The summed E-state index contributed by atoms with van der Waals surface area (Å²) in [6, 6.07) is 13.5. The van der Waals surface area contributed by atoms with Crippen LogP contribution in [0.1, 0.15) is 6.42 Å². The number of aromatic amines is 1. The number of hydrogen-bond donors (Lipinski definition) is 3. The van der Waals surface area contributed by atoms with Gasteiger partial charge in [-0.25, -0.2) is 4.98 Å². The van der Waals surface area contributed by atoms with Crippen LogP contribution < -0.4 is 10.6 Å². The summed E-state index contributed by atoms with van der Waals surface area (Å²) in [5.74, 6) is 0.653. The van der Waals surface area contributed by atoms with E-state index in [1.165, 1.54) is 0 Å². The molecule has 2 saturated heterocycles. The van der Waals surface area contributed by atoms with Crippen molar-refractivity contribution in [3.63, 3.8) is 0 Å². The third kappa shape index (κ3) is 2.49. The molecule has 2 aromatic carbocycles. The Balaban J connectivity index is 1.37. The van der Waals surface area contributed by atoms with Gasteiger partial charge in [0.05, 0.1) is 17.1 Å². The lowest BCUT2D eigenvalue weighted by atomic mass is 10.0. The summed E-state index contributed by atoms with van der Waals surface area (Å²) in [5.41, 5.74) is 2.58. The second-order valence-electron chi connectivity index (χ2n) is 6.84. The van der Waals surface area contributed by atoms with Crippen molar-refractivity contribution in [2.24, 2.45) is 0 Å². The van der Waals surface area contributed by atoms with Crippen molar-refractivity contribution in [1.29, 1.82) is 0 Å². The molecule has 5 rings (SSSR count). The number of morpholine rings is 1. The van der Waals surface area contributed by atoms with Gasteiger partial charge in [-0.1, -0.05) is 17.7 Å². The molecule has 132 valence electrons. The van der Waals surface area contributed by atoms with Crippen molar-refractivity contribution < 1.29 is 9.53 Å². The molecule has 0 spiro atoms. The number of hydrogen-bond acceptors (Lipinski definition) is 4. The number of carbonyl (C=O) groups excluding carboxylic acids is 1. The van der Waals surface area contributed by atoms with Crippen LogP contribution in [0.2, 0.25) is 5.02 Å². The number of aromatic nitrogens is 2. The van der Waals surface area contributed by atoms with Crippen molar-refractivity contribution in [1.82, 2.24) is 15.3 Å². The van der Waals surface area contributed by atoms with Crippen molar-refractivity contribution in [2.45, 2.75) is 18.1 Å². The van der Waals surface area contributed by atoms with Crippen LogP contribution in [-0.4, -0.2) is 40.7 Å². The van der Waals surface area contributed by atoms with Crippen LogP contribution >= 0.6 is 11.6 Å². The Bertz CT molecular complexity index is 990. The zero-order valence-corrected chi connectivity index (χ0v) is 14.6. The first-order chi connectivity index (χ1) is 12.6. The van der Waals surface area contributed by atoms with Crippen molar-refractivity contribution in [3.05, 3.63) is 47.5 Å². The Kier molecular flexibility index (Phi) is 3.53. The molecule has 3 N–H and O–H groups in total. The number of nitrogens with zero attached hydrogens (tertiary/aromatic N) is 1. The number of benzene rings is 2. The topological polar surface area (TPSA) is 79.0 Å². The summed E-state index contributed by atoms with van der Waals surface area (Å²) in [6.45, 7) is 1.17. The average molecular weight is 369 g/mol. The van der Waals surface area contributed by atoms with E-state index in [0.717, 1.165) is 34.5 Å². The Morgan fingerprint density at radius 1 is 1.27 bits per heavy atom. The van der Waals surface area contributed by atoms with Crippen LogP contribution in [0, 0.1) is 0 Å². The lowest BCUT2D eigenvalue weighted by molar-refractivity contribution is -0.135. The predicted octanol–water partition coefficient (Wildman–Crippen LogP) is 2.95. The van der Waals surface area contributed by atoms with Crippen LogP contribution in [-0.2, 0) is 9.53 Å². The van der Waals surface area contributed by atoms with Gasteiger partial charge in [0.2, 0.25) is 0 Å². The number of para-hydroxylation sites is 1. The molecule has 0 radical (unpaired) electrons. The highest BCUT2D eigenvalue weighted by Crippen LogP contribution is 2.33. The molecule has 2 aliphatic rings. The van der Waals surface area contributed by atoms with E-state index in [0.29, 0.717) is 24.2 Å². The van der Waals surface area contributed by atoms with Crippen molar-refractivity contribution in [2.75, 3.05) is 18.5 Å². The van der Waals surface area contributed by atoms with Gasteiger partial charge in [-0.15, -0.1) is 0 Å². The van der Waals surface area contributed by atoms with Gasteiger partial charge < -0.3 is 20.4 Å². The zero-order valence-electron chi connectivity index (χ0n) is 13.9. The van der Waals surface area contributed by atoms with Crippen molar-refractivity contribution >= 4 is 34.2 Å². The zero-order chi connectivity index (χ0) is 17.7. The molecule has 2 bridgehead atoms. The van der Waals surface area contributed by atoms with Gasteiger partial charge in [-0.3, -0.25) is 4.79 Å². The van der Waals surface area contributed by atoms with Crippen LogP contribution in [0.5, 0.6) is 0 Å². The molecule has 2 atom stereocenters. The SMILES string of the molecule is O=C(Nc1ccc(-c2nc3c(Cl)cccc3[nH]2)cc1)[C@@]12CN[C@@H](CO1)C2. The molecule has 3 aromatic rings. The van der Waals surface area contributed by atoms with Gasteiger partial charge in [0.25, 0.3) is 5.91 Å². The second kappa shape index (κ2) is 5.81. The summed E-state index contributed by atoms with van der Waals surface area (Å²) in [7, 11) is 0. The lowest BCUT2D eigenvalue weighted by Gasteiger charge is -2.25. The van der Waals surface area contributed by atoms with E-state index in [9.17, 15) is 4.79 Å². The first kappa shape index (κ1) is 15.8. The number of fused-ring (bicyclic) bond motifs is 3. The number of carbonyl (C=O) groups is 1. The molecule has 26 heavy (non-hydrogen) atoms. The molecule has 1 amide bonds. The largest absolute Gasteiger partial charge is 0.362 e. The van der Waals surface area contributed by atoms with Gasteiger partial charge in [0.1, 0.15) is 11.3 Å². The fraction of sp³-hybridized carbons (Fsp3) is 0.263. The number of ether oxygens (including phenoxy) is 1. The molecule has 0 aliphatic carbocycles. The molecular weight excluding hydrogens is 352 g/mol. The highest BCUT2D eigenvalue weighted by molar-refractivity contribution is 6.35. The number of H-pyrrole nitrogens is 1. The molecule has 3 heterocycles. The highest BCUT2D eigenvalue weighted by Gasteiger charge is 2.51. The van der Waals surface area contributed by atoms with Crippen LogP contribution in [0.25, 0.3) is 22.4 Å². The summed E-state index contributed by atoms with van der Waals surface area (Å²) in [5, 5.41) is 6.88. The quantitative estimate of drug-likeness (QED) is 0.664. The third-order valence-corrected chi connectivity index (χ3v) is 5.41. The first-order valence-corrected chi connectivity index (χ1v) is 8.94. The average Bonchev–Trinajstić information content (AvgIpc) is 3.38. The van der Waals surface area contributed by atoms with Gasteiger partial charge in [-0.05, 0) is 36.4 Å². The van der Waals surface area contributed by atoms with E-state index in [1.54, 1.807) is 0 Å². The van der Waals surface area contributed by atoms with Gasteiger partial charge in [0.15, 0.2) is 5.60 Å². The number of rotatable bonds is 3. The highest BCUT2D eigenvalue weighted by atomic mass is 35.5. The van der Waals surface area contributed by atoms with Crippen molar-refractivity contribution in [3.8, 4) is 11.4 Å². The standard InChI is InChI=1S/C19H17ClN4O2/c20-14-2-1-3-15-16(14)24-17(23-15)11-4-6-12(7-5-11)22-18(25)19-8-13(9-26-19)21-10-19/h1-7,13,21H,8-10H2,(H,22,25)(H,23,24)/t13-,19-/m1/s1. The smallest absolute Gasteiger partial charge is 0.258 e. The minimum Gasteiger partial charge on any atom is -0.362 e. The maximum absolute atomic E-state index is 12.6. The summed E-state index contributed by atoms with van der Waals surface area (Å²) in [6.07, 6.45) is 0.733. The summed E-state index contributed by atoms with van der Waals surface area (Å²) < 4.78 is 5.71. The number of halogens is 1. The monoisotopic (exact) mass is 368 g/mol. The van der Waals surface area contributed by atoms with E-state index in [4.69, 9.17) is 16.3 Å². The normalized spacial score (nSPS) is 24.3. The van der Waals surface area contributed by atoms with E-state index >= 15 is 0 Å². The predicted molar refractivity (Wildman–Crippen MR) is 100 cm³/mol. The maximum Gasteiger partial charge on any atom is 0.258 e. The maximum atomic E-state index is 12.6. The third-order valence-electron chi connectivity index (χ3n) is 5.11. The Labute approximate surface area is 154 Å². The number of imidazole rings is 1. The Morgan fingerprint density at radius 3 is 2.77 bits per heavy atom. The van der Waals surface area contributed by atoms with Gasteiger partial charge >= 0.3 is 0 Å². The van der Waals surface area contributed by atoms with E-state index < -0.39 is 5.60 Å². The lowest BCUT2D eigenvalue weighted by Crippen LogP contribution is -2.48. The first-order valence-electron chi connectivity index (χ1n) is 8.56. The molecule has 6 nitrogen and oxygen atoms in total. The Morgan fingerprint density at radius 2 is 2.12 bits per heavy atom. The number of anilines is 1. The van der Waals surface area contributed by atoms with Gasteiger partial charge in [-0.2, -0.15) is 0 Å². The molecular formula is C19H17ClN4O2. The number of amides is 1. The van der Waals surface area contributed by atoms with E-state index in [1.807, 2.05) is 42.5 Å². The van der Waals surface area contributed by atoms with Crippen LogP contribution in [0.15, 0.2) is 42.5 Å². The number of nitrogens with one attached hydrogen (secondary N) is 3. The molecule has 7 heteroatoms. The minimum absolute atomic E-state index is 0.0896.